The first-order valence-electron chi connectivity index (χ1n) is 7.28. The maximum atomic E-state index is 10.6. The van der Waals surface area contributed by atoms with Gasteiger partial charge in [-0.05, 0) is 56.8 Å². The molecular weight excluding hydrogens is 274 g/mol. The normalized spacial score (nSPS) is 18.9. The number of carboxylic acid groups (broad SMARTS) is 1. The molecule has 1 unspecified atom stereocenters. The summed E-state index contributed by atoms with van der Waals surface area (Å²) in [5.74, 6) is -0.127. The van der Waals surface area contributed by atoms with E-state index in [1.807, 2.05) is 18.2 Å². The summed E-state index contributed by atoms with van der Waals surface area (Å²) in [6.07, 6.45) is 3.28. The Morgan fingerprint density at radius 2 is 2.05 bits per heavy atom. The largest absolute Gasteiger partial charge is 0.481 e. The molecular formula is C16H22ClNO2. The van der Waals surface area contributed by atoms with E-state index < -0.39 is 5.97 Å². The molecule has 1 heterocycles. The van der Waals surface area contributed by atoms with Gasteiger partial charge in [-0.2, -0.15) is 0 Å². The minimum absolute atomic E-state index is 0.296. The topological polar surface area (TPSA) is 40.5 Å². The molecule has 2 rings (SSSR count). The smallest absolute Gasteiger partial charge is 0.303 e. The van der Waals surface area contributed by atoms with Crippen LogP contribution < -0.4 is 0 Å². The molecule has 0 bridgehead atoms. The first-order chi connectivity index (χ1) is 9.58. The second kappa shape index (κ2) is 7.09. The van der Waals surface area contributed by atoms with Crippen molar-refractivity contribution < 1.29 is 9.90 Å². The van der Waals surface area contributed by atoms with Crippen molar-refractivity contribution >= 4 is 17.6 Å². The van der Waals surface area contributed by atoms with Crippen molar-refractivity contribution in [2.75, 3.05) is 13.1 Å². The number of rotatable bonds is 5. The number of hydrogen-bond acceptors (Lipinski definition) is 2. The molecule has 1 aliphatic rings. The first-order valence-corrected chi connectivity index (χ1v) is 7.66. The van der Waals surface area contributed by atoms with Gasteiger partial charge in [-0.3, -0.25) is 9.69 Å². The van der Waals surface area contributed by atoms with Crippen LogP contribution in [0, 0.1) is 5.92 Å². The number of halogens is 1. The van der Waals surface area contributed by atoms with Crippen molar-refractivity contribution in [3.8, 4) is 0 Å². The van der Waals surface area contributed by atoms with Gasteiger partial charge in [0.15, 0.2) is 0 Å². The van der Waals surface area contributed by atoms with Gasteiger partial charge in [0.2, 0.25) is 0 Å². The number of carbonyl (C=O) groups is 1. The van der Waals surface area contributed by atoms with E-state index in [0.717, 1.165) is 37.4 Å². The third kappa shape index (κ3) is 3.97. The van der Waals surface area contributed by atoms with Gasteiger partial charge in [0.25, 0.3) is 0 Å². The van der Waals surface area contributed by atoms with Crippen LogP contribution in [0.2, 0.25) is 5.02 Å². The highest BCUT2D eigenvalue weighted by atomic mass is 35.5. The van der Waals surface area contributed by atoms with Crippen LogP contribution in [0.4, 0.5) is 0 Å². The predicted octanol–water partition coefficient (Wildman–Crippen LogP) is 3.98. The zero-order chi connectivity index (χ0) is 14.5. The summed E-state index contributed by atoms with van der Waals surface area (Å²) in [6.45, 7) is 4.24. The Bertz CT molecular complexity index is 456. The van der Waals surface area contributed by atoms with E-state index in [0.29, 0.717) is 18.4 Å². The number of carboxylic acids is 1. The van der Waals surface area contributed by atoms with Crippen LogP contribution in [0.1, 0.15) is 44.2 Å². The van der Waals surface area contributed by atoms with Crippen LogP contribution in [-0.2, 0) is 4.79 Å². The van der Waals surface area contributed by atoms with Gasteiger partial charge < -0.3 is 5.11 Å². The predicted molar refractivity (Wildman–Crippen MR) is 81.0 cm³/mol. The van der Waals surface area contributed by atoms with E-state index in [4.69, 9.17) is 16.7 Å². The molecule has 0 saturated carbocycles. The molecule has 1 aromatic carbocycles. The number of likely N-dealkylation sites (tertiary alicyclic amines) is 1. The molecule has 1 fully saturated rings. The lowest BCUT2D eigenvalue weighted by Crippen LogP contribution is -2.35. The number of piperidine rings is 1. The quantitative estimate of drug-likeness (QED) is 0.893. The van der Waals surface area contributed by atoms with Gasteiger partial charge in [0.05, 0.1) is 0 Å². The van der Waals surface area contributed by atoms with E-state index >= 15 is 0 Å². The lowest BCUT2D eigenvalue weighted by Gasteiger charge is -2.36. The fourth-order valence-corrected chi connectivity index (χ4v) is 3.26. The fraction of sp³-hybridized carbons (Fsp3) is 0.562. The summed E-state index contributed by atoms with van der Waals surface area (Å²) in [6, 6.07) is 8.33. The van der Waals surface area contributed by atoms with Crippen LogP contribution >= 0.6 is 11.6 Å². The highest BCUT2D eigenvalue weighted by molar-refractivity contribution is 6.31. The number of hydrogen-bond donors (Lipinski definition) is 1. The average molecular weight is 296 g/mol. The van der Waals surface area contributed by atoms with Gasteiger partial charge in [-0.15, -0.1) is 0 Å². The van der Waals surface area contributed by atoms with E-state index in [1.54, 1.807) is 0 Å². The maximum absolute atomic E-state index is 10.6. The molecule has 3 nitrogen and oxygen atoms in total. The standard InChI is InChI=1S/C16H22ClNO2/c1-12(14-4-2-3-5-15(14)17)18-10-8-13(9-11-18)6-7-16(19)20/h2-5,12-13H,6-11H2,1H3,(H,19,20). The third-order valence-electron chi connectivity index (χ3n) is 4.32. The molecule has 0 aliphatic carbocycles. The molecule has 0 aromatic heterocycles. The second-order valence-corrected chi connectivity index (χ2v) is 6.02. The summed E-state index contributed by atoms with van der Waals surface area (Å²) in [5.41, 5.74) is 1.18. The Morgan fingerprint density at radius 1 is 1.40 bits per heavy atom. The van der Waals surface area contributed by atoms with Crippen LogP contribution in [0.25, 0.3) is 0 Å². The van der Waals surface area contributed by atoms with Gasteiger partial charge in [-0.1, -0.05) is 29.8 Å². The molecule has 1 aliphatic heterocycles. The first kappa shape index (κ1) is 15.3. The van der Waals surface area contributed by atoms with Crippen molar-refractivity contribution in [1.29, 1.82) is 0 Å². The SMILES string of the molecule is CC(c1ccccc1Cl)N1CCC(CCC(=O)O)CC1. The monoisotopic (exact) mass is 295 g/mol. The molecule has 0 spiro atoms. The van der Waals surface area contributed by atoms with Crippen molar-refractivity contribution in [2.45, 2.75) is 38.6 Å². The van der Waals surface area contributed by atoms with E-state index in [-0.39, 0.29) is 0 Å². The number of nitrogens with zero attached hydrogens (tertiary/aromatic N) is 1. The zero-order valence-electron chi connectivity index (χ0n) is 11.9. The fourth-order valence-electron chi connectivity index (χ4n) is 2.97. The Hall–Kier alpha value is -1.06. The second-order valence-electron chi connectivity index (χ2n) is 5.61. The number of aliphatic carboxylic acids is 1. The minimum Gasteiger partial charge on any atom is -0.481 e. The Morgan fingerprint density at radius 3 is 2.65 bits per heavy atom. The molecule has 0 amide bonds. The average Bonchev–Trinajstić information content (AvgIpc) is 2.45. The van der Waals surface area contributed by atoms with Crippen molar-refractivity contribution in [2.24, 2.45) is 5.92 Å². The van der Waals surface area contributed by atoms with Crippen molar-refractivity contribution in [3.05, 3.63) is 34.9 Å². The Balaban J connectivity index is 1.87. The summed E-state index contributed by atoms with van der Waals surface area (Å²) in [4.78, 5) is 13.1. The van der Waals surface area contributed by atoms with Gasteiger partial charge in [0.1, 0.15) is 0 Å². The van der Waals surface area contributed by atoms with Crippen LogP contribution in [0.5, 0.6) is 0 Å². The minimum atomic E-state index is -0.683. The number of benzene rings is 1. The van der Waals surface area contributed by atoms with Gasteiger partial charge >= 0.3 is 5.97 Å². The van der Waals surface area contributed by atoms with Gasteiger partial charge in [0, 0.05) is 17.5 Å². The third-order valence-corrected chi connectivity index (χ3v) is 4.66. The maximum Gasteiger partial charge on any atom is 0.303 e. The molecule has 1 atom stereocenters. The summed E-state index contributed by atoms with van der Waals surface area (Å²) >= 11 is 6.26. The van der Waals surface area contributed by atoms with Crippen molar-refractivity contribution in [1.82, 2.24) is 4.90 Å². The molecule has 1 saturated heterocycles. The molecule has 20 heavy (non-hydrogen) atoms. The van der Waals surface area contributed by atoms with Crippen LogP contribution in [0.15, 0.2) is 24.3 Å². The molecule has 1 N–H and O–H groups in total. The Kier molecular flexibility index (Phi) is 5.44. The van der Waals surface area contributed by atoms with E-state index in [9.17, 15) is 4.79 Å². The highest BCUT2D eigenvalue weighted by Gasteiger charge is 2.24. The lowest BCUT2D eigenvalue weighted by atomic mass is 9.91. The Labute approximate surface area is 125 Å². The zero-order valence-corrected chi connectivity index (χ0v) is 12.6. The summed E-state index contributed by atoms with van der Waals surface area (Å²) in [7, 11) is 0. The van der Waals surface area contributed by atoms with Crippen LogP contribution in [-0.4, -0.2) is 29.1 Å². The lowest BCUT2D eigenvalue weighted by molar-refractivity contribution is -0.137. The van der Waals surface area contributed by atoms with Crippen LogP contribution in [0.3, 0.4) is 0 Å². The van der Waals surface area contributed by atoms with Crippen molar-refractivity contribution in [3.63, 3.8) is 0 Å². The molecule has 1 aromatic rings. The molecule has 0 radical (unpaired) electrons. The van der Waals surface area contributed by atoms with E-state index in [2.05, 4.69) is 17.9 Å². The van der Waals surface area contributed by atoms with Gasteiger partial charge in [-0.25, -0.2) is 0 Å². The highest BCUT2D eigenvalue weighted by Crippen LogP contribution is 2.31. The summed E-state index contributed by atoms with van der Waals surface area (Å²) < 4.78 is 0. The van der Waals surface area contributed by atoms with E-state index in [1.165, 1.54) is 5.56 Å². The molecule has 4 heteroatoms. The molecule has 110 valence electrons. The summed E-state index contributed by atoms with van der Waals surface area (Å²) in [5, 5.41) is 9.57.